The van der Waals surface area contributed by atoms with E-state index in [4.69, 9.17) is 10.8 Å². The van der Waals surface area contributed by atoms with Gasteiger partial charge in [0.05, 0.1) is 0 Å². The molecule has 1 aromatic rings. The number of aliphatic hydroxyl groups is 1. The van der Waals surface area contributed by atoms with Gasteiger partial charge in [-0.05, 0) is 43.4 Å². The number of rotatable bonds is 6. The van der Waals surface area contributed by atoms with Gasteiger partial charge < -0.3 is 10.8 Å². The van der Waals surface area contributed by atoms with E-state index in [2.05, 4.69) is 26.0 Å². The molecule has 0 aliphatic carbocycles. The largest absolute Gasteiger partial charge is 0.396 e. The van der Waals surface area contributed by atoms with Gasteiger partial charge in [-0.1, -0.05) is 13.8 Å². The topological polar surface area (TPSA) is 46.2 Å². The van der Waals surface area contributed by atoms with Crippen LogP contribution in [0.1, 0.15) is 23.6 Å². The normalized spacial score (nSPS) is 15.2. The summed E-state index contributed by atoms with van der Waals surface area (Å²) in [7, 11) is 0. The van der Waals surface area contributed by atoms with Crippen molar-refractivity contribution in [1.82, 2.24) is 0 Å². The van der Waals surface area contributed by atoms with Crippen LogP contribution in [0.2, 0.25) is 0 Å². The molecule has 2 atom stereocenters. The SMILES string of the molecule is CCc1ccc(CC(C)C(CN)CO)s1. The standard InChI is InChI=1S/C12H21NOS/c1-3-11-4-5-12(15-11)6-9(2)10(7-13)8-14/h4-5,9-10,14H,3,6-8,13H2,1-2H3. The van der Waals surface area contributed by atoms with Crippen molar-refractivity contribution in [3.05, 3.63) is 21.9 Å². The summed E-state index contributed by atoms with van der Waals surface area (Å²) >= 11 is 1.88. The average Bonchev–Trinajstić information content (AvgIpc) is 2.67. The van der Waals surface area contributed by atoms with Crippen molar-refractivity contribution in [2.75, 3.05) is 13.2 Å². The Kier molecular flexibility index (Phi) is 5.29. The number of aliphatic hydroxyl groups excluding tert-OH is 1. The Morgan fingerprint density at radius 1 is 1.40 bits per heavy atom. The van der Waals surface area contributed by atoms with Crippen LogP contribution in [0.5, 0.6) is 0 Å². The molecule has 86 valence electrons. The predicted octanol–water partition coefficient (Wildman–Crippen LogP) is 2.06. The van der Waals surface area contributed by atoms with Crippen LogP contribution in [0.4, 0.5) is 0 Å². The average molecular weight is 227 g/mol. The van der Waals surface area contributed by atoms with Crippen molar-refractivity contribution in [3.8, 4) is 0 Å². The second-order valence-electron chi connectivity index (χ2n) is 4.08. The fourth-order valence-corrected chi connectivity index (χ4v) is 2.79. The maximum absolute atomic E-state index is 9.15. The van der Waals surface area contributed by atoms with E-state index in [1.807, 2.05) is 11.3 Å². The highest BCUT2D eigenvalue weighted by molar-refractivity contribution is 7.11. The Hall–Kier alpha value is -0.380. The molecule has 1 aromatic heterocycles. The first-order valence-corrected chi connectivity index (χ1v) is 6.41. The first-order chi connectivity index (χ1) is 7.21. The Morgan fingerprint density at radius 2 is 2.07 bits per heavy atom. The van der Waals surface area contributed by atoms with E-state index in [0.29, 0.717) is 12.5 Å². The molecule has 2 nitrogen and oxygen atoms in total. The fraction of sp³-hybridized carbons (Fsp3) is 0.667. The molecule has 0 aromatic carbocycles. The summed E-state index contributed by atoms with van der Waals surface area (Å²) in [6, 6.07) is 4.40. The van der Waals surface area contributed by atoms with Crippen molar-refractivity contribution < 1.29 is 5.11 Å². The molecule has 0 aliphatic heterocycles. The lowest BCUT2D eigenvalue weighted by atomic mass is 9.91. The third-order valence-corrected chi connectivity index (χ3v) is 4.18. The Balaban J connectivity index is 2.53. The predicted molar refractivity (Wildman–Crippen MR) is 66.2 cm³/mol. The number of thiophene rings is 1. The van der Waals surface area contributed by atoms with E-state index in [9.17, 15) is 0 Å². The zero-order valence-corrected chi connectivity index (χ0v) is 10.4. The highest BCUT2D eigenvalue weighted by Crippen LogP contribution is 2.23. The van der Waals surface area contributed by atoms with Crippen molar-refractivity contribution >= 4 is 11.3 Å². The molecule has 3 N–H and O–H groups in total. The van der Waals surface area contributed by atoms with Gasteiger partial charge in [0.15, 0.2) is 0 Å². The van der Waals surface area contributed by atoms with Gasteiger partial charge in [-0.2, -0.15) is 0 Å². The van der Waals surface area contributed by atoms with E-state index in [1.54, 1.807) is 0 Å². The van der Waals surface area contributed by atoms with Crippen molar-refractivity contribution in [1.29, 1.82) is 0 Å². The highest BCUT2D eigenvalue weighted by atomic mass is 32.1. The summed E-state index contributed by atoms with van der Waals surface area (Å²) in [5.74, 6) is 0.695. The van der Waals surface area contributed by atoms with Gasteiger partial charge in [0.2, 0.25) is 0 Å². The van der Waals surface area contributed by atoms with E-state index in [1.165, 1.54) is 9.75 Å². The van der Waals surface area contributed by atoms with Crippen molar-refractivity contribution in [3.63, 3.8) is 0 Å². The van der Waals surface area contributed by atoms with Gasteiger partial charge in [-0.3, -0.25) is 0 Å². The maximum atomic E-state index is 9.15. The molecule has 0 bridgehead atoms. The fourth-order valence-electron chi connectivity index (χ4n) is 1.69. The Labute approximate surface area is 96.1 Å². The lowest BCUT2D eigenvalue weighted by Gasteiger charge is -2.19. The quantitative estimate of drug-likeness (QED) is 0.781. The summed E-state index contributed by atoms with van der Waals surface area (Å²) in [6.07, 6.45) is 2.15. The van der Waals surface area contributed by atoms with Crippen LogP contribution in [-0.2, 0) is 12.8 Å². The maximum Gasteiger partial charge on any atom is 0.0474 e. The summed E-state index contributed by atoms with van der Waals surface area (Å²) in [5, 5.41) is 9.15. The van der Waals surface area contributed by atoms with Crippen molar-refractivity contribution in [2.24, 2.45) is 17.6 Å². The van der Waals surface area contributed by atoms with Gasteiger partial charge in [0.1, 0.15) is 0 Å². The van der Waals surface area contributed by atoms with Crippen LogP contribution < -0.4 is 5.73 Å². The second kappa shape index (κ2) is 6.26. The molecule has 0 saturated heterocycles. The van der Waals surface area contributed by atoms with Crippen LogP contribution in [0.15, 0.2) is 12.1 Å². The first-order valence-electron chi connectivity index (χ1n) is 5.59. The zero-order valence-electron chi connectivity index (χ0n) is 9.57. The first kappa shape index (κ1) is 12.7. The molecule has 0 aliphatic rings. The van der Waals surface area contributed by atoms with Gasteiger partial charge in [-0.25, -0.2) is 0 Å². The van der Waals surface area contributed by atoms with Crippen LogP contribution in [-0.4, -0.2) is 18.3 Å². The zero-order chi connectivity index (χ0) is 11.3. The molecule has 1 heterocycles. The molecule has 3 heteroatoms. The third kappa shape index (κ3) is 3.59. The third-order valence-electron chi connectivity index (χ3n) is 2.93. The molecule has 1 rings (SSSR count). The van der Waals surface area contributed by atoms with E-state index in [-0.39, 0.29) is 12.5 Å². The van der Waals surface area contributed by atoms with E-state index >= 15 is 0 Å². The summed E-state index contributed by atoms with van der Waals surface area (Å²) in [5.41, 5.74) is 5.61. The van der Waals surface area contributed by atoms with Gasteiger partial charge in [0.25, 0.3) is 0 Å². The van der Waals surface area contributed by atoms with Gasteiger partial charge in [-0.15, -0.1) is 11.3 Å². The Bertz CT molecular complexity index is 281. The number of aryl methyl sites for hydroxylation is 1. The number of hydrogen-bond acceptors (Lipinski definition) is 3. The Morgan fingerprint density at radius 3 is 2.53 bits per heavy atom. The lowest BCUT2D eigenvalue weighted by Crippen LogP contribution is -2.26. The number of hydrogen-bond donors (Lipinski definition) is 2. The highest BCUT2D eigenvalue weighted by Gasteiger charge is 2.15. The van der Waals surface area contributed by atoms with Gasteiger partial charge in [0, 0.05) is 16.4 Å². The summed E-state index contributed by atoms with van der Waals surface area (Å²) in [4.78, 5) is 2.84. The molecular formula is C12H21NOS. The molecule has 15 heavy (non-hydrogen) atoms. The van der Waals surface area contributed by atoms with E-state index in [0.717, 1.165) is 12.8 Å². The van der Waals surface area contributed by atoms with Crippen LogP contribution in [0.3, 0.4) is 0 Å². The van der Waals surface area contributed by atoms with Crippen LogP contribution in [0, 0.1) is 11.8 Å². The molecular weight excluding hydrogens is 206 g/mol. The van der Waals surface area contributed by atoms with E-state index < -0.39 is 0 Å². The van der Waals surface area contributed by atoms with Gasteiger partial charge >= 0.3 is 0 Å². The van der Waals surface area contributed by atoms with Crippen molar-refractivity contribution in [2.45, 2.75) is 26.7 Å². The smallest absolute Gasteiger partial charge is 0.0474 e. The lowest BCUT2D eigenvalue weighted by molar-refractivity contribution is 0.187. The minimum absolute atomic E-state index is 0.198. The minimum atomic E-state index is 0.198. The molecule has 0 spiro atoms. The monoisotopic (exact) mass is 227 g/mol. The molecule has 0 fully saturated rings. The molecule has 0 radical (unpaired) electrons. The molecule has 2 unspecified atom stereocenters. The van der Waals surface area contributed by atoms with Crippen LogP contribution in [0.25, 0.3) is 0 Å². The second-order valence-corrected chi connectivity index (χ2v) is 5.33. The van der Waals surface area contributed by atoms with Crippen LogP contribution >= 0.6 is 11.3 Å². The molecule has 0 amide bonds. The molecule has 0 saturated carbocycles. The summed E-state index contributed by atoms with van der Waals surface area (Å²) in [6.45, 7) is 5.11. The summed E-state index contributed by atoms with van der Waals surface area (Å²) < 4.78 is 0. The number of nitrogens with two attached hydrogens (primary N) is 1. The minimum Gasteiger partial charge on any atom is -0.396 e.